The van der Waals surface area contributed by atoms with E-state index in [2.05, 4.69) is 5.32 Å². The molecule has 0 bridgehead atoms. The first-order chi connectivity index (χ1) is 15.5. The normalized spacial score (nSPS) is 11.5. The van der Waals surface area contributed by atoms with Gasteiger partial charge in [-0.1, -0.05) is 60.7 Å². The summed E-state index contributed by atoms with van der Waals surface area (Å²) in [6.07, 6.45) is 0.345. The van der Waals surface area contributed by atoms with Crippen LogP contribution in [0.5, 0.6) is 5.75 Å². The van der Waals surface area contributed by atoms with Crippen molar-refractivity contribution in [2.45, 2.75) is 25.9 Å². The summed E-state index contributed by atoms with van der Waals surface area (Å²) in [6.45, 7) is 1.84. The quantitative estimate of drug-likeness (QED) is 0.556. The molecule has 0 fully saturated rings. The Morgan fingerprint density at radius 3 is 2.25 bits per heavy atom. The summed E-state index contributed by atoms with van der Waals surface area (Å²) in [5.74, 6) is -0.355. The first kappa shape index (κ1) is 23.0. The summed E-state index contributed by atoms with van der Waals surface area (Å²) in [5.41, 5.74) is 2.56. The Morgan fingerprint density at radius 1 is 0.938 bits per heavy atom. The van der Waals surface area contributed by atoms with Crippen LogP contribution in [0.15, 0.2) is 78.9 Å². The van der Waals surface area contributed by atoms with Gasteiger partial charge >= 0.3 is 0 Å². The van der Waals surface area contributed by atoms with E-state index in [9.17, 15) is 14.0 Å². The summed E-state index contributed by atoms with van der Waals surface area (Å²) >= 11 is 0. The number of halogens is 1. The number of benzene rings is 3. The minimum absolute atomic E-state index is 0.154. The van der Waals surface area contributed by atoms with Crippen molar-refractivity contribution in [1.82, 2.24) is 10.2 Å². The Labute approximate surface area is 187 Å². The molecule has 6 heteroatoms. The number of carbonyl (C=O) groups is 2. The molecule has 0 spiro atoms. The molecule has 0 aliphatic heterocycles. The lowest BCUT2D eigenvalue weighted by molar-refractivity contribution is -0.142. The summed E-state index contributed by atoms with van der Waals surface area (Å²) in [5, 5.41) is 2.66. The summed E-state index contributed by atoms with van der Waals surface area (Å²) in [7, 11) is 1.55. The zero-order valence-corrected chi connectivity index (χ0v) is 18.3. The predicted octanol–water partition coefficient (Wildman–Crippen LogP) is 3.90. The lowest BCUT2D eigenvalue weighted by Crippen LogP contribution is -2.51. The second-order valence-electron chi connectivity index (χ2n) is 7.52. The molecular weight excluding hydrogens is 407 g/mol. The number of hydrogen-bond donors (Lipinski definition) is 1. The number of rotatable bonds is 9. The molecule has 0 heterocycles. The molecule has 0 unspecified atom stereocenters. The molecule has 1 N–H and O–H groups in total. The van der Waals surface area contributed by atoms with Crippen LogP contribution in [0.3, 0.4) is 0 Å². The van der Waals surface area contributed by atoms with E-state index in [-0.39, 0.29) is 30.8 Å². The molecule has 2 amide bonds. The van der Waals surface area contributed by atoms with Crippen molar-refractivity contribution in [2.24, 2.45) is 0 Å². The van der Waals surface area contributed by atoms with Crippen LogP contribution in [-0.4, -0.2) is 36.4 Å². The van der Waals surface area contributed by atoms with Gasteiger partial charge in [0.1, 0.15) is 17.6 Å². The lowest BCUT2D eigenvalue weighted by Gasteiger charge is -2.31. The molecule has 0 saturated heterocycles. The number of nitrogens with one attached hydrogen (secondary N) is 1. The highest BCUT2D eigenvalue weighted by atomic mass is 19.1. The second kappa shape index (κ2) is 11.1. The number of ether oxygens (including phenoxy) is 1. The van der Waals surface area contributed by atoms with Crippen LogP contribution in [0.25, 0.3) is 0 Å². The Bertz CT molecular complexity index is 1040. The number of hydrogen-bond acceptors (Lipinski definition) is 3. The molecule has 0 saturated carbocycles. The number of para-hydroxylation sites is 1. The Hall–Kier alpha value is -3.67. The molecule has 32 heavy (non-hydrogen) atoms. The fourth-order valence-corrected chi connectivity index (χ4v) is 3.45. The number of carbonyl (C=O) groups excluding carboxylic acids is 2. The van der Waals surface area contributed by atoms with Gasteiger partial charge in [-0.2, -0.15) is 0 Å². The first-order valence-electron chi connectivity index (χ1n) is 10.5. The maximum atomic E-state index is 13.4. The maximum Gasteiger partial charge on any atom is 0.261 e. The van der Waals surface area contributed by atoms with Crippen LogP contribution in [0.4, 0.5) is 4.39 Å². The van der Waals surface area contributed by atoms with Crippen LogP contribution in [0, 0.1) is 12.7 Å². The molecule has 0 aliphatic carbocycles. The molecule has 0 aromatic heterocycles. The van der Waals surface area contributed by atoms with Gasteiger partial charge < -0.3 is 15.0 Å². The number of amides is 2. The third kappa shape index (κ3) is 6.17. The molecule has 0 aliphatic rings. The van der Waals surface area contributed by atoms with Crippen molar-refractivity contribution < 1.29 is 18.7 Å². The minimum Gasteiger partial charge on any atom is -0.484 e. The smallest absolute Gasteiger partial charge is 0.261 e. The molecule has 3 rings (SSSR count). The zero-order valence-electron chi connectivity index (χ0n) is 18.3. The Morgan fingerprint density at radius 2 is 1.59 bits per heavy atom. The molecule has 166 valence electrons. The van der Waals surface area contributed by atoms with Crippen molar-refractivity contribution in [2.75, 3.05) is 13.7 Å². The van der Waals surface area contributed by atoms with Crippen molar-refractivity contribution in [3.8, 4) is 5.75 Å². The van der Waals surface area contributed by atoms with Crippen molar-refractivity contribution >= 4 is 11.8 Å². The van der Waals surface area contributed by atoms with Gasteiger partial charge in [-0.25, -0.2) is 4.39 Å². The average Bonchev–Trinajstić information content (AvgIpc) is 2.82. The van der Waals surface area contributed by atoms with Crippen LogP contribution in [0.1, 0.15) is 16.7 Å². The van der Waals surface area contributed by atoms with Gasteiger partial charge in [0.2, 0.25) is 5.91 Å². The fourth-order valence-electron chi connectivity index (χ4n) is 3.45. The van der Waals surface area contributed by atoms with E-state index in [0.29, 0.717) is 12.2 Å². The van der Waals surface area contributed by atoms with E-state index in [0.717, 1.165) is 16.7 Å². The van der Waals surface area contributed by atoms with Gasteiger partial charge in [0.15, 0.2) is 6.61 Å². The highest BCUT2D eigenvalue weighted by Gasteiger charge is 2.30. The molecule has 3 aromatic carbocycles. The average molecular weight is 435 g/mol. The standard InChI is InChI=1S/C26H27FN2O3/c1-19-8-6-7-11-24(19)32-18-25(30)29(17-21-12-14-22(27)15-13-21)23(26(31)28-2)16-20-9-4-3-5-10-20/h3-15,23H,16-18H2,1-2H3,(H,28,31)/t23-/m1/s1. The summed E-state index contributed by atoms with van der Waals surface area (Å²) in [6, 6.07) is 22.1. The number of likely N-dealkylation sites (N-methyl/N-ethyl adjacent to an activating group) is 1. The third-order valence-electron chi connectivity index (χ3n) is 5.23. The van der Waals surface area contributed by atoms with Gasteiger partial charge in [0.05, 0.1) is 0 Å². The topological polar surface area (TPSA) is 58.6 Å². The largest absolute Gasteiger partial charge is 0.484 e. The molecule has 0 radical (unpaired) electrons. The zero-order chi connectivity index (χ0) is 22.9. The van der Waals surface area contributed by atoms with Crippen molar-refractivity contribution in [3.05, 3.63) is 101 Å². The predicted molar refractivity (Wildman–Crippen MR) is 122 cm³/mol. The lowest BCUT2D eigenvalue weighted by atomic mass is 10.0. The maximum absolute atomic E-state index is 13.4. The van der Waals surface area contributed by atoms with Crippen LogP contribution >= 0.6 is 0 Å². The molecule has 1 atom stereocenters. The first-order valence-corrected chi connectivity index (χ1v) is 10.5. The van der Waals surface area contributed by atoms with Crippen molar-refractivity contribution in [1.29, 1.82) is 0 Å². The highest BCUT2D eigenvalue weighted by Crippen LogP contribution is 2.18. The van der Waals surface area contributed by atoms with Gasteiger partial charge in [-0.05, 0) is 41.8 Å². The molecular formula is C26H27FN2O3. The van der Waals surface area contributed by atoms with E-state index in [1.807, 2.05) is 55.5 Å². The monoisotopic (exact) mass is 434 g/mol. The van der Waals surface area contributed by atoms with E-state index in [4.69, 9.17) is 4.74 Å². The van der Waals surface area contributed by atoms with E-state index >= 15 is 0 Å². The Balaban J connectivity index is 1.87. The molecule has 3 aromatic rings. The van der Waals surface area contributed by atoms with Gasteiger partial charge in [-0.3, -0.25) is 9.59 Å². The summed E-state index contributed by atoms with van der Waals surface area (Å²) in [4.78, 5) is 27.6. The van der Waals surface area contributed by atoms with E-state index < -0.39 is 6.04 Å². The van der Waals surface area contributed by atoms with Crippen LogP contribution in [-0.2, 0) is 22.6 Å². The Kier molecular flexibility index (Phi) is 7.97. The second-order valence-corrected chi connectivity index (χ2v) is 7.52. The van der Waals surface area contributed by atoms with Crippen LogP contribution < -0.4 is 10.1 Å². The summed E-state index contributed by atoms with van der Waals surface area (Å²) < 4.78 is 19.2. The van der Waals surface area contributed by atoms with E-state index in [1.165, 1.54) is 17.0 Å². The molecule has 5 nitrogen and oxygen atoms in total. The third-order valence-corrected chi connectivity index (χ3v) is 5.23. The van der Waals surface area contributed by atoms with Crippen molar-refractivity contribution in [3.63, 3.8) is 0 Å². The van der Waals surface area contributed by atoms with Gasteiger partial charge in [0.25, 0.3) is 5.91 Å². The van der Waals surface area contributed by atoms with Crippen LogP contribution in [0.2, 0.25) is 0 Å². The minimum atomic E-state index is -0.750. The van der Waals surface area contributed by atoms with E-state index in [1.54, 1.807) is 25.2 Å². The van der Waals surface area contributed by atoms with Gasteiger partial charge in [0, 0.05) is 20.0 Å². The highest BCUT2D eigenvalue weighted by molar-refractivity contribution is 5.88. The number of nitrogens with zero attached hydrogens (tertiary/aromatic N) is 1. The number of aryl methyl sites for hydroxylation is 1. The van der Waals surface area contributed by atoms with Gasteiger partial charge in [-0.15, -0.1) is 0 Å². The fraction of sp³-hybridized carbons (Fsp3) is 0.231. The SMILES string of the molecule is CNC(=O)[C@@H](Cc1ccccc1)N(Cc1ccc(F)cc1)C(=O)COc1ccccc1C.